The highest BCUT2D eigenvalue weighted by Crippen LogP contribution is 2.10. The third-order valence-corrected chi connectivity index (χ3v) is 2.54. The molecule has 1 aliphatic heterocycles. The summed E-state index contributed by atoms with van der Waals surface area (Å²) in [4.78, 5) is 28.5. The second-order valence-corrected chi connectivity index (χ2v) is 3.57. The van der Waals surface area contributed by atoms with Crippen molar-refractivity contribution >= 4 is 11.7 Å². The summed E-state index contributed by atoms with van der Waals surface area (Å²) in [5, 5.41) is 0. The zero-order valence-electron chi connectivity index (χ0n) is 9.76. The number of pyridine rings is 1. The smallest absolute Gasteiger partial charge is 0.253 e. The van der Waals surface area contributed by atoms with Gasteiger partial charge < -0.3 is 4.90 Å². The maximum Gasteiger partial charge on any atom is 0.253 e. The van der Waals surface area contributed by atoms with Crippen LogP contribution >= 0.6 is 0 Å². The number of carbonyl (C=O) groups excluding carboxylic acids is 2. The molecule has 2 rings (SSSR count). The van der Waals surface area contributed by atoms with Crippen LogP contribution in [0.3, 0.4) is 0 Å². The highest BCUT2D eigenvalue weighted by atomic mass is 16.2. The molecule has 1 aliphatic rings. The third-order valence-electron chi connectivity index (χ3n) is 2.54. The molecule has 0 saturated carbocycles. The Kier molecular flexibility index (Phi) is 5.07. The van der Waals surface area contributed by atoms with Gasteiger partial charge in [0.25, 0.3) is 5.91 Å². The first-order chi connectivity index (χ1) is 8.27. The summed E-state index contributed by atoms with van der Waals surface area (Å²) in [5.41, 5.74) is 0.638. The van der Waals surface area contributed by atoms with E-state index in [4.69, 9.17) is 0 Å². The van der Waals surface area contributed by atoms with E-state index in [1.54, 1.807) is 29.4 Å². The van der Waals surface area contributed by atoms with Crippen molar-refractivity contribution in [2.24, 2.45) is 0 Å². The Morgan fingerprint density at radius 1 is 1.18 bits per heavy atom. The van der Waals surface area contributed by atoms with Gasteiger partial charge >= 0.3 is 0 Å². The molecule has 4 heteroatoms. The summed E-state index contributed by atoms with van der Waals surface area (Å²) in [7, 11) is 0. The number of piperidine rings is 1. The minimum atomic E-state index is -0.00935. The topological polar surface area (TPSA) is 50.3 Å². The van der Waals surface area contributed by atoms with Crippen molar-refractivity contribution in [1.29, 1.82) is 0 Å². The molecule has 0 aromatic carbocycles. The predicted molar refractivity (Wildman–Crippen MR) is 65.6 cm³/mol. The van der Waals surface area contributed by atoms with Crippen LogP contribution in [0.1, 0.15) is 23.2 Å². The van der Waals surface area contributed by atoms with Crippen LogP contribution in [0.2, 0.25) is 0 Å². The van der Waals surface area contributed by atoms with Gasteiger partial charge in [-0.3, -0.25) is 14.6 Å². The number of rotatable bonds is 1. The number of Topliss-reactive ketones (excluding diaryl/α,β-unsaturated/α-hetero) is 1. The Morgan fingerprint density at radius 2 is 1.71 bits per heavy atom. The fourth-order valence-corrected chi connectivity index (χ4v) is 1.64. The summed E-state index contributed by atoms with van der Waals surface area (Å²) < 4.78 is 0. The second kappa shape index (κ2) is 6.58. The van der Waals surface area contributed by atoms with Gasteiger partial charge in [0.05, 0.1) is 0 Å². The monoisotopic (exact) mass is 232 g/mol. The lowest BCUT2D eigenvalue weighted by atomic mass is 10.1. The Morgan fingerprint density at radius 3 is 2.24 bits per heavy atom. The Labute approximate surface area is 101 Å². The lowest BCUT2D eigenvalue weighted by molar-refractivity contribution is -0.120. The zero-order valence-corrected chi connectivity index (χ0v) is 9.76. The molecule has 2 heterocycles. The summed E-state index contributed by atoms with van der Waals surface area (Å²) in [6.45, 7) is 7.08. The molecule has 90 valence electrons. The highest BCUT2D eigenvalue weighted by molar-refractivity contribution is 5.95. The fourth-order valence-electron chi connectivity index (χ4n) is 1.64. The number of carbonyl (C=O) groups is 2. The van der Waals surface area contributed by atoms with E-state index in [-0.39, 0.29) is 11.7 Å². The zero-order chi connectivity index (χ0) is 12.7. The minimum absolute atomic E-state index is 0.00935. The van der Waals surface area contributed by atoms with E-state index >= 15 is 0 Å². The van der Waals surface area contributed by atoms with Crippen LogP contribution in [0.5, 0.6) is 0 Å². The van der Waals surface area contributed by atoms with E-state index in [1.165, 1.54) is 0 Å². The van der Waals surface area contributed by atoms with Crippen molar-refractivity contribution in [3.63, 3.8) is 0 Å². The molecule has 1 saturated heterocycles. The largest absolute Gasteiger partial charge is 0.338 e. The van der Waals surface area contributed by atoms with Crippen LogP contribution in [0, 0.1) is 0 Å². The average Bonchev–Trinajstić information content (AvgIpc) is 2.42. The maximum atomic E-state index is 11.9. The molecule has 0 bridgehead atoms. The standard InChI is InChI=1S/C11H12N2O2.C2H4/c14-10-3-7-13(8-4-10)11(15)9-1-5-12-6-2-9;1-2/h1-2,5-6H,3-4,7-8H2;1-2H2. The number of hydrogen-bond acceptors (Lipinski definition) is 3. The van der Waals surface area contributed by atoms with E-state index in [9.17, 15) is 9.59 Å². The van der Waals surface area contributed by atoms with Crippen LogP contribution in [0.25, 0.3) is 0 Å². The fraction of sp³-hybridized carbons (Fsp3) is 0.308. The molecular weight excluding hydrogens is 216 g/mol. The molecule has 1 aromatic rings. The van der Waals surface area contributed by atoms with E-state index in [0.29, 0.717) is 31.5 Å². The molecular formula is C13H16N2O2. The van der Waals surface area contributed by atoms with E-state index in [2.05, 4.69) is 18.1 Å². The molecule has 0 unspecified atom stereocenters. The van der Waals surface area contributed by atoms with Gasteiger partial charge in [0.2, 0.25) is 0 Å². The van der Waals surface area contributed by atoms with Gasteiger partial charge in [-0.05, 0) is 12.1 Å². The summed E-state index contributed by atoms with van der Waals surface area (Å²) in [6.07, 6.45) is 4.16. The first-order valence-electron chi connectivity index (χ1n) is 5.48. The van der Waals surface area contributed by atoms with Gasteiger partial charge in [-0.15, -0.1) is 13.2 Å². The predicted octanol–water partition coefficient (Wildman–Crippen LogP) is 1.69. The molecule has 1 amide bonds. The number of amides is 1. The molecule has 0 aliphatic carbocycles. The summed E-state index contributed by atoms with van der Waals surface area (Å²) >= 11 is 0. The number of likely N-dealkylation sites (tertiary alicyclic amines) is 1. The van der Waals surface area contributed by atoms with Crippen molar-refractivity contribution in [1.82, 2.24) is 9.88 Å². The number of aromatic nitrogens is 1. The van der Waals surface area contributed by atoms with Crippen LogP contribution in [-0.2, 0) is 4.79 Å². The minimum Gasteiger partial charge on any atom is -0.338 e. The Hall–Kier alpha value is -1.97. The van der Waals surface area contributed by atoms with Crippen molar-refractivity contribution in [3.05, 3.63) is 43.2 Å². The van der Waals surface area contributed by atoms with Gasteiger partial charge in [-0.1, -0.05) is 0 Å². The maximum absolute atomic E-state index is 11.9. The quantitative estimate of drug-likeness (QED) is 0.692. The molecule has 0 atom stereocenters. The highest BCUT2D eigenvalue weighted by Gasteiger charge is 2.21. The number of hydrogen-bond donors (Lipinski definition) is 0. The van der Waals surface area contributed by atoms with Crippen molar-refractivity contribution in [2.45, 2.75) is 12.8 Å². The molecule has 0 N–H and O–H groups in total. The third kappa shape index (κ3) is 3.52. The SMILES string of the molecule is C=C.O=C1CCN(C(=O)c2ccncc2)CC1. The van der Waals surface area contributed by atoms with Gasteiger partial charge in [-0.25, -0.2) is 0 Å². The first-order valence-corrected chi connectivity index (χ1v) is 5.48. The van der Waals surface area contributed by atoms with Gasteiger partial charge in [-0.2, -0.15) is 0 Å². The lowest BCUT2D eigenvalue weighted by Crippen LogP contribution is -2.38. The molecule has 0 radical (unpaired) electrons. The summed E-state index contributed by atoms with van der Waals surface area (Å²) in [6, 6.07) is 3.39. The molecule has 17 heavy (non-hydrogen) atoms. The molecule has 4 nitrogen and oxygen atoms in total. The van der Waals surface area contributed by atoms with Crippen molar-refractivity contribution in [2.75, 3.05) is 13.1 Å². The van der Waals surface area contributed by atoms with Crippen molar-refractivity contribution < 1.29 is 9.59 Å². The lowest BCUT2D eigenvalue weighted by Gasteiger charge is -2.25. The number of ketones is 1. The van der Waals surface area contributed by atoms with E-state index < -0.39 is 0 Å². The van der Waals surface area contributed by atoms with E-state index in [0.717, 1.165) is 0 Å². The number of nitrogens with zero attached hydrogens (tertiary/aromatic N) is 2. The molecule has 0 spiro atoms. The van der Waals surface area contributed by atoms with Gasteiger partial charge in [0, 0.05) is 43.9 Å². The van der Waals surface area contributed by atoms with Crippen LogP contribution < -0.4 is 0 Å². The Bertz CT molecular complexity index is 380. The summed E-state index contributed by atoms with van der Waals surface area (Å²) in [5.74, 6) is 0.235. The van der Waals surface area contributed by atoms with Crippen molar-refractivity contribution in [3.8, 4) is 0 Å². The first kappa shape index (κ1) is 13.1. The van der Waals surface area contributed by atoms with Crippen LogP contribution in [-0.4, -0.2) is 34.7 Å². The molecule has 1 fully saturated rings. The van der Waals surface area contributed by atoms with E-state index in [1.807, 2.05) is 0 Å². The average molecular weight is 232 g/mol. The van der Waals surface area contributed by atoms with Gasteiger partial charge in [0.1, 0.15) is 5.78 Å². The normalized spacial score (nSPS) is 14.8. The Balaban J connectivity index is 0.000000686. The van der Waals surface area contributed by atoms with Crippen LogP contribution in [0.4, 0.5) is 0 Å². The van der Waals surface area contributed by atoms with Crippen LogP contribution in [0.15, 0.2) is 37.7 Å². The van der Waals surface area contributed by atoms with Gasteiger partial charge in [0.15, 0.2) is 0 Å². The molecule has 1 aromatic heterocycles. The second-order valence-electron chi connectivity index (χ2n) is 3.57.